The first-order chi connectivity index (χ1) is 17.8. The molecule has 6 heteroatoms. The standard InChI is InChI=1S/C32H43Cl2NO2Si/c1-8-18-32(5)21-28(23-10-9-11-25(34)19-23)29(22-12-14-24(33)15-13-22)35(30(32)36)26-16-17-27(20-26)37-38(6,7)31(2,3)4/h8-15,19,26-29H,1,16-18,20-21H2,2-7H3/t26?,27?,28-,29-,32?/m1/s1. The van der Waals surface area contributed by atoms with E-state index in [0.717, 1.165) is 41.8 Å². The van der Waals surface area contributed by atoms with Crippen LogP contribution in [0.25, 0.3) is 0 Å². The van der Waals surface area contributed by atoms with Crippen molar-refractivity contribution in [2.45, 2.75) is 102 Å². The summed E-state index contributed by atoms with van der Waals surface area (Å²) in [6, 6.07) is 16.2. The van der Waals surface area contributed by atoms with Gasteiger partial charge in [0, 0.05) is 28.1 Å². The predicted octanol–water partition coefficient (Wildman–Crippen LogP) is 9.58. The second kappa shape index (κ2) is 11.1. The molecule has 0 bridgehead atoms. The maximum absolute atomic E-state index is 14.5. The van der Waals surface area contributed by atoms with Gasteiger partial charge in [0.2, 0.25) is 5.91 Å². The smallest absolute Gasteiger partial charge is 0.229 e. The Morgan fingerprint density at radius 3 is 2.37 bits per heavy atom. The van der Waals surface area contributed by atoms with Gasteiger partial charge in [0.1, 0.15) is 0 Å². The minimum atomic E-state index is -1.91. The normalized spacial score (nSPS) is 28.5. The molecular formula is C32H43Cl2NO2Si. The Kier molecular flexibility index (Phi) is 8.60. The van der Waals surface area contributed by atoms with Crippen LogP contribution >= 0.6 is 23.2 Å². The van der Waals surface area contributed by atoms with Crippen LogP contribution in [-0.2, 0) is 9.22 Å². The fourth-order valence-corrected chi connectivity index (χ4v) is 7.88. The molecule has 38 heavy (non-hydrogen) atoms. The minimum absolute atomic E-state index is 0.0953. The molecule has 206 valence electrons. The molecule has 0 radical (unpaired) electrons. The summed E-state index contributed by atoms with van der Waals surface area (Å²) >= 11 is 12.8. The molecule has 1 aliphatic carbocycles. The lowest BCUT2D eigenvalue weighted by molar-refractivity contribution is -0.154. The van der Waals surface area contributed by atoms with Crippen molar-refractivity contribution in [1.82, 2.24) is 4.90 Å². The average molecular weight is 573 g/mol. The number of piperidine rings is 1. The van der Waals surface area contributed by atoms with Crippen LogP contribution in [-0.4, -0.2) is 31.3 Å². The van der Waals surface area contributed by atoms with E-state index < -0.39 is 13.7 Å². The van der Waals surface area contributed by atoms with Crippen LogP contribution in [0.1, 0.15) is 82.9 Å². The van der Waals surface area contributed by atoms with Crippen molar-refractivity contribution in [1.29, 1.82) is 0 Å². The fourth-order valence-electron chi connectivity index (χ4n) is 6.16. The number of allylic oxidation sites excluding steroid dienone is 1. The number of likely N-dealkylation sites (tertiary alicyclic amines) is 1. The van der Waals surface area contributed by atoms with Gasteiger partial charge in [-0.15, -0.1) is 6.58 Å². The lowest BCUT2D eigenvalue weighted by atomic mass is 9.67. The predicted molar refractivity (Wildman–Crippen MR) is 162 cm³/mol. The van der Waals surface area contributed by atoms with Crippen LogP contribution in [0.2, 0.25) is 28.2 Å². The summed E-state index contributed by atoms with van der Waals surface area (Å²) in [5, 5.41) is 1.56. The molecule has 3 unspecified atom stereocenters. The number of nitrogens with zero attached hydrogens (tertiary/aromatic N) is 1. The Balaban J connectivity index is 1.77. The first kappa shape index (κ1) is 29.4. The quantitative estimate of drug-likeness (QED) is 0.244. The van der Waals surface area contributed by atoms with E-state index in [4.69, 9.17) is 27.6 Å². The molecule has 3 nitrogen and oxygen atoms in total. The average Bonchev–Trinajstić information content (AvgIpc) is 3.28. The van der Waals surface area contributed by atoms with Crippen LogP contribution in [0.4, 0.5) is 0 Å². The summed E-state index contributed by atoms with van der Waals surface area (Å²) in [6.45, 7) is 17.6. The third-order valence-corrected chi connectivity index (χ3v) is 14.2. The number of carbonyl (C=O) groups excluding carboxylic acids is 1. The number of amides is 1. The van der Waals surface area contributed by atoms with Gasteiger partial charge < -0.3 is 9.33 Å². The lowest BCUT2D eigenvalue weighted by Gasteiger charge is -2.51. The topological polar surface area (TPSA) is 29.5 Å². The van der Waals surface area contributed by atoms with E-state index >= 15 is 0 Å². The van der Waals surface area contributed by atoms with Crippen molar-refractivity contribution in [3.8, 4) is 0 Å². The molecule has 1 heterocycles. The van der Waals surface area contributed by atoms with Crippen molar-refractivity contribution in [3.63, 3.8) is 0 Å². The number of halogens is 2. The van der Waals surface area contributed by atoms with Crippen molar-refractivity contribution < 1.29 is 9.22 Å². The van der Waals surface area contributed by atoms with Crippen molar-refractivity contribution in [2.75, 3.05) is 0 Å². The van der Waals surface area contributed by atoms with Crippen molar-refractivity contribution in [2.24, 2.45) is 5.41 Å². The van der Waals surface area contributed by atoms with Gasteiger partial charge in [0.05, 0.1) is 11.5 Å². The zero-order valence-electron chi connectivity index (χ0n) is 23.8. The molecule has 4 rings (SSSR count). The molecule has 0 N–H and O–H groups in total. The molecule has 1 amide bonds. The molecule has 0 spiro atoms. The van der Waals surface area contributed by atoms with Crippen molar-refractivity contribution in [3.05, 3.63) is 82.4 Å². The van der Waals surface area contributed by atoms with Crippen LogP contribution in [0, 0.1) is 5.41 Å². The molecule has 0 aromatic heterocycles. The summed E-state index contributed by atoms with van der Waals surface area (Å²) in [6.07, 6.45) is 6.25. The van der Waals surface area contributed by atoms with Gasteiger partial charge in [-0.1, -0.05) is 81.2 Å². The Labute approximate surface area is 240 Å². The number of rotatable bonds is 7. The van der Waals surface area contributed by atoms with Crippen LogP contribution in [0.15, 0.2) is 61.2 Å². The van der Waals surface area contributed by atoms with Gasteiger partial charge in [-0.3, -0.25) is 4.79 Å². The summed E-state index contributed by atoms with van der Waals surface area (Å²) in [5.74, 6) is 0.312. The first-order valence-electron chi connectivity index (χ1n) is 13.9. The zero-order chi connectivity index (χ0) is 27.9. The van der Waals surface area contributed by atoms with Gasteiger partial charge in [-0.2, -0.15) is 0 Å². The Morgan fingerprint density at radius 1 is 1.08 bits per heavy atom. The molecule has 1 saturated carbocycles. The molecule has 2 aliphatic rings. The molecule has 1 aliphatic heterocycles. The number of benzene rings is 2. The van der Waals surface area contributed by atoms with E-state index in [2.05, 4.69) is 76.5 Å². The highest BCUT2D eigenvalue weighted by Crippen LogP contribution is 2.53. The molecule has 2 fully saturated rings. The van der Waals surface area contributed by atoms with E-state index in [0.29, 0.717) is 11.4 Å². The first-order valence-corrected chi connectivity index (χ1v) is 17.5. The second-order valence-corrected chi connectivity index (χ2v) is 18.7. The van der Waals surface area contributed by atoms with Gasteiger partial charge in [0.15, 0.2) is 8.32 Å². The molecular weight excluding hydrogens is 529 g/mol. The van der Waals surface area contributed by atoms with Crippen LogP contribution in [0.5, 0.6) is 0 Å². The number of hydrogen-bond donors (Lipinski definition) is 0. The molecule has 5 atom stereocenters. The lowest BCUT2D eigenvalue weighted by Crippen LogP contribution is -2.55. The highest BCUT2D eigenvalue weighted by Gasteiger charge is 2.52. The maximum atomic E-state index is 14.5. The largest absolute Gasteiger partial charge is 0.414 e. The monoisotopic (exact) mass is 571 g/mol. The van der Waals surface area contributed by atoms with E-state index in [1.54, 1.807) is 0 Å². The van der Waals surface area contributed by atoms with Crippen LogP contribution < -0.4 is 0 Å². The molecule has 1 saturated heterocycles. The van der Waals surface area contributed by atoms with Gasteiger partial charge in [0.25, 0.3) is 0 Å². The van der Waals surface area contributed by atoms with E-state index in [9.17, 15) is 4.79 Å². The Morgan fingerprint density at radius 2 is 1.76 bits per heavy atom. The van der Waals surface area contributed by atoms with Gasteiger partial charge in [-0.05, 0) is 85.6 Å². The van der Waals surface area contributed by atoms with Gasteiger partial charge in [-0.25, -0.2) is 0 Å². The fraction of sp³-hybridized carbons (Fsp3) is 0.531. The summed E-state index contributed by atoms with van der Waals surface area (Å²) in [5.41, 5.74) is 1.75. The molecule has 2 aromatic carbocycles. The Bertz CT molecular complexity index is 1160. The maximum Gasteiger partial charge on any atom is 0.229 e. The third-order valence-electron chi connectivity index (χ3n) is 9.20. The third kappa shape index (κ3) is 5.94. The summed E-state index contributed by atoms with van der Waals surface area (Å²) in [7, 11) is -1.91. The summed E-state index contributed by atoms with van der Waals surface area (Å²) in [4.78, 5) is 16.7. The van der Waals surface area contributed by atoms with Gasteiger partial charge >= 0.3 is 0 Å². The number of hydrogen-bond acceptors (Lipinski definition) is 2. The molecule has 2 aromatic rings. The SMILES string of the molecule is C=CCC1(C)C[C@H](c2cccc(Cl)c2)[C@@H](c2ccc(Cl)cc2)N(C2CCC(O[Si](C)(C)C(C)(C)C)C2)C1=O. The minimum Gasteiger partial charge on any atom is -0.414 e. The van der Waals surface area contributed by atoms with Crippen molar-refractivity contribution >= 4 is 37.4 Å². The highest BCUT2D eigenvalue weighted by atomic mass is 35.5. The second-order valence-electron chi connectivity index (χ2n) is 13.1. The Hall–Kier alpha value is -1.59. The highest BCUT2D eigenvalue weighted by molar-refractivity contribution is 6.74. The summed E-state index contributed by atoms with van der Waals surface area (Å²) < 4.78 is 6.85. The van der Waals surface area contributed by atoms with E-state index in [-0.39, 0.29) is 35.1 Å². The van der Waals surface area contributed by atoms with E-state index in [1.165, 1.54) is 0 Å². The van der Waals surface area contributed by atoms with Crippen LogP contribution in [0.3, 0.4) is 0 Å². The van der Waals surface area contributed by atoms with E-state index in [1.807, 2.05) is 30.3 Å². The zero-order valence-corrected chi connectivity index (χ0v) is 26.3. The number of carbonyl (C=O) groups is 1.